The third kappa shape index (κ3) is 2.82. The summed E-state index contributed by atoms with van der Waals surface area (Å²) in [5.41, 5.74) is 0.724. The van der Waals surface area contributed by atoms with E-state index in [2.05, 4.69) is 4.98 Å². The van der Waals surface area contributed by atoms with Gasteiger partial charge in [-0.3, -0.25) is 9.78 Å². The third-order valence-corrected chi connectivity index (χ3v) is 6.37. The number of hydrogen-bond donors (Lipinski definition) is 1. The number of fused-ring (bicyclic) bond motifs is 1. The molecule has 1 aromatic carbocycles. The number of aliphatic carboxylic acids is 1. The topological polar surface area (TPSA) is 87.6 Å². The van der Waals surface area contributed by atoms with Crippen molar-refractivity contribution in [1.82, 2.24) is 9.29 Å². The average Bonchev–Trinajstić information content (AvgIpc) is 2.54. The second-order valence-corrected chi connectivity index (χ2v) is 7.70. The van der Waals surface area contributed by atoms with Crippen molar-refractivity contribution in [2.75, 3.05) is 6.54 Å². The molecule has 122 valence electrons. The van der Waals surface area contributed by atoms with Gasteiger partial charge in [0.15, 0.2) is 0 Å². The molecule has 3 rings (SSSR count). The Kier molecular flexibility index (Phi) is 4.08. The molecule has 0 saturated carbocycles. The molecule has 2 heterocycles. The highest BCUT2D eigenvalue weighted by molar-refractivity contribution is 7.89. The number of benzene rings is 1. The first-order valence-corrected chi connectivity index (χ1v) is 8.95. The zero-order valence-electron chi connectivity index (χ0n) is 12.7. The van der Waals surface area contributed by atoms with Crippen LogP contribution in [0.2, 0.25) is 0 Å². The molecular weight excluding hydrogens is 316 g/mol. The maximum atomic E-state index is 12.9. The lowest BCUT2D eigenvalue weighted by molar-refractivity contribution is -0.144. The Balaban J connectivity index is 2.00. The van der Waals surface area contributed by atoms with E-state index in [-0.39, 0.29) is 4.90 Å². The first kappa shape index (κ1) is 15.9. The molecular formula is C16H18N2O4S. The number of rotatable bonds is 3. The van der Waals surface area contributed by atoms with Crippen LogP contribution >= 0.6 is 0 Å². The number of carboxylic acids is 1. The Labute approximate surface area is 134 Å². The minimum absolute atomic E-state index is 0.106. The molecule has 1 aromatic heterocycles. The van der Waals surface area contributed by atoms with Gasteiger partial charge in [-0.15, -0.1) is 0 Å². The SMILES string of the molecule is C[C@@H]1[C@H](C(=O)O)CCCN1S(=O)(=O)c1cnc2ccccc2c1. The zero-order chi connectivity index (χ0) is 16.6. The lowest BCUT2D eigenvalue weighted by Crippen LogP contribution is -2.49. The predicted octanol–water partition coefficient (Wildman–Crippen LogP) is 2.11. The Bertz CT molecular complexity index is 850. The fraction of sp³-hybridized carbons (Fsp3) is 0.375. The van der Waals surface area contributed by atoms with Crippen molar-refractivity contribution in [2.24, 2.45) is 5.92 Å². The standard InChI is InChI=1S/C16H18N2O4S/c1-11-14(16(19)20)6-4-8-18(11)23(21,22)13-9-12-5-2-3-7-15(12)17-10-13/h2-3,5,7,9-11,14H,4,6,8H2,1H3,(H,19,20)/t11-,14-/m1/s1. The van der Waals surface area contributed by atoms with Crippen molar-refractivity contribution in [3.63, 3.8) is 0 Å². The number of sulfonamides is 1. The highest BCUT2D eigenvalue weighted by Gasteiger charge is 2.39. The predicted molar refractivity (Wildman–Crippen MR) is 85.5 cm³/mol. The third-order valence-electron chi connectivity index (χ3n) is 4.42. The molecule has 0 radical (unpaired) electrons. The van der Waals surface area contributed by atoms with Gasteiger partial charge in [-0.2, -0.15) is 4.31 Å². The summed E-state index contributed by atoms with van der Waals surface area (Å²) >= 11 is 0. The number of carbonyl (C=O) groups is 1. The molecule has 23 heavy (non-hydrogen) atoms. The van der Waals surface area contributed by atoms with Gasteiger partial charge in [0.05, 0.1) is 11.4 Å². The molecule has 0 unspecified atom stereocenters. The van der Waals surface area contributed by atoms with Crippen LogP contribution in [0.5, 0.6) is 0 Å². The molecule has 0 aliphatic carbocycles. The molecule has 0 spiro atoms. The highest BCUT2D eigenvalue weighted by atomic mass is 32.2. The monoisotopic (exact) mass is 334 g/mol. The average molecular weight is 334 g/mol. The number of para-hydroxylation sites is 1. The Morgan fingerprint density at radius 3 is 2.83 bits per heavy atom. The van der Waals surface area contributed by atoms with E-state index in [1.165, 1.54) is 10.5 Å². The molecule has 1 saturated heterocycles. The van der Waals surface area contributed by atoms with Gasteiger partial charge in [-0.1, -0.05) is 18.2 Å². The summed E-state index contributed by atoms with van der Waals surface area (Å²) in [4.78, 5) is 15.6. The number of hydrogen-bond acceptors (Lipinski definition) is 4. The minimum Gasteiger partial charge on any atom is -0.481 e. The minimum atomic E-state index is -3.76. The van der Waals surface area contributed by atoms with Crippen LogP contribution in [0.1, 0.15) is 19.8 Å². The van der Waals surface area contributed by atoms with Gasteiger partial charge in [-0.05, 0) is 31.9 Å². The van der Waals surface area contributed by atoms with Crippen LogP contribution in [0.3, 0.4) is 0 Å². The maximum absolute atomic E-state index is 12.9. The van der Waals surface area contributed by atoms with E-state index >= 15 is 0 Å². The second kappa shape index (κ2) is 5.90. The summed E-state index contributed by atoms with van der Waals surface area (Å²) in [5.74, 6) is -1.62. The maximum Gasteiger partial charge on any atom is 0.308 e. The van der Waals surface area contributed by atoms with Gasteiger partial charge in [-0.25, -0.2) is 8.42 Å². The van der Waals surface area contributed by atoms with Crippen molar-refractivity contribution >= 4 is 26.9 Å². The molecule has 1 aliphatic rings. The van der Waals surface area contributed by atoms with Crippen molar-refractivity contribution in [2.45, 2.75) is 30.7 Å². The normalized spacial score (nSPS) is 23.0. The molecule has 2 aromatic rings. The van der Waals surface area contributed by atoms with Crippen LogP contribution in [0.15, 0.2) is 41.4 Å². The molecule has 1 aliphatic heterocycles. The Hall–Kier alpha value is -1.99. The summed E-state index contributed by atoms with van der Waals surface area (Å²) in [5, 5.41) is 10.0. The number of piperidine rings is 1. The van der Waals surface area contributed by atoms with Crippen LogP contribution in [-0.4, -0.2) is 41.4 Å². The van der Waals surface area contributed by atoms with Crippen molar-refractivity contribution in [1.29, 1.82) is 0 Å². The summed E-state index contributed by atoms with van der Waals surface area (Å²) in [6.45, 7) is 1.99. The number of pyridine rings is 1. The van der Waals surface area contributed by atoms with Gasteiger partial charge in [0.2, 0.25) is 10.0 Å². The molecule has 1 N–H and O–H groups in total. The number of carboxylic acid groups (broad SMARTS) is 1. The van der Waals surface area contributed by atoms with Crippen LogP contribution in [0.25, 0.3) is 10.9 Å². The van der Waals surface area contributed by atoms with Gasteiger partial charge in [0.25, 0.3) is 0 Å². The first-order valence-electron chi connectivity index (χ1n) is 7.50. The van der Waals surface area contributed by atoms with E-state index in [1.807, 2.05) is 18.2 Å². The fourth-order valence-electron chi connectivity index (χ4n) is 3.11. The molecule has 7 heteroatoms. The van der Waals surface area contributed by atoms with E-state index in [4.69, 9.17) is 0 Å². The summed E-state index contributed by atoms with van der Waals surface area (Å²) in [6.07, 6.45) is 2.38. The van der Waals surface area contributed by atoms with Crippen molar-refractivity contribution in [3.05, 3.63) is 36.5 Å². The Morgan fingerprint density at radius 1 is 1.35 bits per heavy atom. The number of aromatic nitrogens is 1. The van der Waals surface area contributed by atoms with E-state index in [0.29, 0.717) is 19.4 Å². The summed E-state index contributed by atoms with van der Waals surface area (Å²) in [7, 11) is -3.76. The Morgan fingerprint density at radius 2 is 2.09 bits per heavy atom. The highest BCUT2D eigenvalue weighted by Crippen LogP contribution is 2.30. The molecule has 0 bridgehead atoms. The summed E-state index contributed by atoms with van der Waals surface area (Å²) < 4.78 is 27.1. The number of nitrogens with zero attached hydrogens (tertiary/aromatic N) is 2. The van der Waals surface area contributed by atoms with Crippen LogP contribution < -0.4 is 0 Å². The van der Waals surface area contributed by atoms with E-state index < -0.39 is 28.0 Å². The van der Waals surface area contributed by atoms with Gasteiger partial charge in [0.1, 0.15) is 4.90 Å². The van der Waals surface area contributed by atoms with Crippen molar-refractivity contribution < 1.29 is 18.3 Å². The van der Waals surface area contributed by atoms with Crippen molar-refractivity contribution in [3.8, 4) is 0 Å². The fourth-order valence-corrected chi connectivity index (χ4v) is 4.80. The van der Waals surface area contributed by atoms with Gasteiger partial charge >= 0.3 is 5.97 Å². The van der Waals surface area contributed by atoms with Crippen LogP contribution in [0, 0.1) is 5.92 Å². The quantitative estimate of drug-likeness (QED) is 0.929. The van der Waals surface area contributed by atoms with Gasteiger partial charge in [0, 0.05) is 24.2 Å². The lowest BCUT2D eigenvalue weighted by Gasteiger charge is -2.36. The zero-order valence-corrected chi connectivity index (χ0v) is 13.5. The molecule has 6 nitrogen and oxygen atoms in total. The van der Waals surface area contributed by atoms with Gasteiger partial charge < -0.3 is 5.11 Å². The molecule has 2 atom stereocenters. The van der Waals surface area contributed by atoms with Crippen LogP contribution in [-0.2, 0) is 14.8 Å². The molecule has 1 fully saturated rings. The first-order chi connectivity index (χ1) is 10.9. The van der Waals surface area contributed by atoms with Crippen LogP contribution in [0.4, 0.5) is 0 Å². The molecule has 0 amide bonds. The lowest BCUT2D eigenvalue weighted by atomic mass is 9.92. The largest absolute Gasteiger partial charge is 0.481 e. The van der Waals surface area contributed by atoms with E-state index in [9.17, 15) is 18.3 Å². The van der Waals surface area contributed by atoms with E-state index in [0.717, 1.165) is 10.9 Å². The smallest absolute Gasteiger partial charge is 0.308 e. The van der Waals surface area contributed by atoms with E-state index in [1.54, 1.807) is 19.1 Å². The second-order valence-electron chi connectivity index (χ2n) is 5.81. The summed E-state index contributed by atoms with van der Waals surface area (Å²) in [6, 6.07) is 8.31.